The van der Waals surface area contributed by atoms with Gasteiger partial charge in [0.15, 0.2) is 0 Å². The first-order chi connectivity index (χ1) is 10.2. The Morgan fingerprint density at radius 1 is 1.23 bits per heavy atom. The molecule has 1 aromatic carbocycles. The van der Waals surface area contributed by atoms with Gasteiger partial charge in [-0.15, -0.1) is 0 Å². The molecule has 0 bridgehead atoms. The number of aromatic nitrogens is 2. The number of aliphatic hydroxyl groups is 1. The van der Waals surface area contributed by atoms with Crippen molar-refractivity contribution in [1.82, 2.24) is 9.78 Å². The monoisotopic (exact) mass is 300 g/mol. The lowest BCUT2D eigenvalue weighted by molar-refractivity contribution is 0.0761. The van der Waals surface area contributed by atoms with Crippen molar-refractivity contribution in [1.29, 1.82) is 0 Å². The largest absolute Gasteiger partial charge is 0.386 e. The molecule has 0 aliphatic rings. The zero-order valence-corrected chi connectivity index (χ0v) is 14.0. The maximum atomic E-state index is 12.5. The van der Waals surface area contributed by atoms with Gasteiger partial charge in [0.2, 0.25) is 0 Å². The molecule has 2 aromatic rings. The van der Waals surface area contributed by atoms with Gasteiger partial charge in [-0.1, -0.05) is 24.6 Å². The quantitative estimate of drug-likeness (QED) is 0.943. The standard InChI is InChI=1S/C18H24N2O2/c1-6-9-20-17(21)15(18(4,5)22)11-16(19-20)14-10-12(2)7-8-13(14)3/h7-8,10-11,22H,6,9H2,1-5H3. The van der Waals surface area contributed by atoms with Crippen LogP contribution in [-0.2, 0) is 12.1 Å². The van der Waals surface area contributed by atoms with E-state index in [1.165, 1.54) is 4.68 Å². The highest BCUT2D eigenvalue weighted by Crippen LogP contribution is 2.25. The Hall–Kier alpha value is -1.94. The third-order valence-electron chi connectivity index (χ3n) is 3.74. The molecule has 0 amide bonds. The Bertz CT molecular complexity index is 740. The van der Waals surface area contributed by atoms with Gasteiger partial charge in [-0.3, -0.25) is 4.79 Å². The van der Waals surface area contributed by atoms with Crippen LogP contribution in [0, 0.1) is 13.8 Å². The SMILES string of the molecule is CCCn1nc(-c2cc(C)ccc2C)cc(C(C)(C)O)c1=O. The van der Waals surface area contributed by atoms with Crippen molar-refractivity contribution >= 4 is 0 Å². The summed E-state index contributed by atoms with van der Waals surface area (Å²) in [6, 6.07) is 7.88. The molecule has 0 aliphatic heterocycles. The number of nitrogens with zero attached hydrogens (tertiary/aromatic N) is 2. The summed E-state index contributed by atoms with van der Waals surface area (Å²) in [7, 11) is 0. The molecule has 22 heavy (non-hydrogen) atoms. The Morgan fingerprint density at radius 3 is 2.50 bits per heavy atom. The molecule has 0 unspecified atom stereocenters. The second-order valence-electron chi connectivity index (χ2n) is 6.35. The first-order valence-corrected chi connectivity index (χ1v) is 7.66. The van der Waals surface area contributed by atoms with Crippen LogP contribution in [0.25, 0.3) is 11.3 Å². The highest BCUT2D eigenvalue weighted by Gasteiger charge is 2.23. The second kappa shape index (κ2) is 6.05. The van der Waals surface area contributed by atoms with E-state index in [9.17, 15) is 9.90 Å². The predicted molar refractivity (Wildman–Crippen MR) is 88.9 cm³/mol. The molecule has 0 fully saturated rings. The fourth-order valence-corrected chi connectivity index (χ4v) is 2.49. The highest BCUT2D eigenvalue weighted by molar-refractivity contribution is 5.64. The summed E-state index contributed by atoms with van der Waals surface area (Å²) in [6.45, 7) is 9.86. The molecule has 0 saturated heterocycles. The molecule has 0 radical (unpaired) electrons. The summed E-state index contributed by atoms with van der Waals surface area (Å²) in [4.78, 5) is 12.5. The first-order valence-electron chi connectivity index (χ1n) is 7.66. The van der Waals surface area contributed by atoms with Gasteiger partial charge < -0.3 is 5.11 Å². The number of hydrogen-bond acceptors (Lipinski definition) is 3. The smallest absolute Gasteiger partial charge is 0.272 e. The number of rotatable bonds is 4. The van der Waals surface area contributed by atoms with Crippen molar-refractivity contribution < 1.29 is 5.11 Å². The summed E-state index contributed by atoms with van der Waals surface area (Å²) in [5.74, 6) is 0. The summed E-state index contributed by atoms with van der Waals surface area (Å²) < 4.78 is 1.46. The van der Waals surface area contributed by atoms with Crippen molar-refractivity contribution in [2.75, 3.05) is 0 Å². The zero-order valence-electron chi connectivity index (χ0n) is 14.0. The van der Waals surface area contributed by atoms with Crippen molar-refractivity contribution in [2.45, 2.75) is 53.2 Å². The average Bonchev–Trinajstić information content (AvgIpc) is 2.43. The molecule has 0 aliphatic carbocycles. The van der Waals surface area contributed by atoms with Crippen LogP contribution in [0.4, 0.5) is 0 Å². The summed E-state index contributed by atoms with van der Waals surface area (Å²) >= 11 is 0. The van der Waals surface area contributed by atoms with Gasteiger partial charge in [0.05, 0.1) is 16.9 Å². The number of aryl methyl sites for hydroxylation is 3. The fourth-order valence-electron chi connectivity index (χ4n) is 2.49. The van der Waals surface area contributed by atoms with Gasteiger partial charge in [-0.2, -0.15) is 5.10 Å². The predicted octanol–water partition coefficient (Wildman–Crippen LogP) is 3.16. The topological polar surface area (TPSA) is 55.1 Å². The van der Waals surface area contributed by atoms with E-state index in [0.29, 0.717) is 12.1 Å². The minimum absolute atomic E-state index is 0.219. The highest BCUT2D eigenvalue weighted by atomic mass is 16.3. The second-order valence-corrected chi connectivity index (χ2v) is 6.35. The van der Waals surface area contributed by atoms with E-state index < -0.39 is 5.60 Å². The molecule has 1 heterocycles. The van der Waals surface area contributed by atoms with Crippen LogP contribution in [0.3, 0.4) is 0 Å². The lowest BCUT2D eigenvalue weighted by Crippen LogP contribution is -2.33. The van der Waals surface area contributed by atoms with Crippen LogP contribution in [0.1, 0.15) is 43.9 Å². The first kappa shape index (κ1) is 16.4. The van der Waals surface area contributed by atoms with Crippen molar-refractivity contribution in [3.05, 3.63) is 51.3 Å². The maximum Gasteiger partial charge on any atom is 0.272 e. The average molecular weight is 300 g/mol. The van der Waals surface area contributed by atoms with Gasteiger partial charge in [0.25, 0.3) is 5.56 Å². The Morgan fingerprint density at radius 2 is 1.91 bits per heavy atom. The van der Waals surface area contributed by atoms with Crippen LogP contribution in [0.2, 0.25) is 0 Å². The molecular weight excluding hydrogens is 276 g/mol. The molecular formula is C18H24N2O2. The molecule has 4 nitrogen and oxygen atoms in total. The van der Waals surface area contributed by atoms with E-state index in [1.807, 2.05) is 26.8 Å². The molecule has 4 heteroatoms. The van der Waals surface area contributed by atoms with Crippen molar-refractivity contribution in [3.63, 3.8) is 0 Å². The van der Waals surface area contributed by atoms with E-state index in [1.54, 1.807) is 19.9 Å². The molecule has 118 valence electrons. The van der Waals surface area contributed by atoms with Crippen LogP contribution >= 0.6 is 0 Å². The van der Waals surface area contributed by atoms with E-state index in [2.05, 4.69) is 17.2 Å². The third-order valence-corrected chi connectivity index (χ3v) is 3.74. The van der Waals surface area contributed by atoms with Gasteiger partial charge in [0.1, 0.15) is 0 Å². The molecule has 0 atom stereocenters. The lowest BCUT2D eigenvalue weighted by atomic mass is 9.96. The van der Waals surface area contributed by atoms with Crippen molar-refractivity contribution in [3.8, 4) is 11.3 Å². The molecule has 0 saturated carbocycles. The van der Waals surface area contributed by atoms with Crippen LogP contribution in [0.15, 0.2) is 29.1 Å². The molecule has 1 N–H and O–H groups in total. The summed E-state index contributed by atoms with van der Waals surface area (Å²) in [5.41, 5.74) is 2.93. The number of benzene rings is 1. The molecule has 1 aromatic heterocycles. The van der Waals surface area contributed by atoms with Crippen LogP contribution in [0.5, 0.6) is 0 Å². The normalized spacial score (nSPS) is 11.7. The van der Waals surface area contributed by atoms with E-state index in [-0.39, 0.29) is 5.56 Å². The Labute approximate surface area is 131 Å². The summed E-state index contributed by atoms with van der Waals surface area (Å²) in [6.07, 6.45) is 0.814. The van der Waals surface area contributed by atoms with Gasteiger partial charge in [-0.05, 0) is 51.8 Å². The maximum absolute atomic E-state index is 12.5. The van der Waals surface area contributed by atoms with E-state index in [0.717, 1.165) is 28.8 Å². The Balaban J connectivity index is 2.74. The van der Waals surface area contributed by atoms with Crippen LogP contribution in [-0.4, -0.2) is 14.9 Å². The van der Waals surface area contributed by atoms with E-state index in [4.69, 9.17) is 0 Å². The lowest BCUT2D eigenvalue weighted by Gasteiger charge is -2.20. The third kappa shape index (κ3) is 3.28. The summed E-state index contributed by atoms with van der Waals surface area (Å²) in [5, 5.41) is 14.8. The minimum atomic E-state index is -1.19. The van der Waals surface area contributed by atoms with Crippen molar-refractivity contribution in [2.24, 2.45) is 0 Å². The fraction of sp³-hybridized carbons (Fsp3) is 0.444. The van der Waals surface area contributed by atoms with Gasteiger partial charge >= 0.3 is 0 Å². The minimum Gasteiger partial charge on any atom is -0.386 e. The Kier molecular flexibility index (Phi) is 4.52. The van der Waals surface area contributed by atoms with E-state index >= 15 is 0 Å². The van der Waals surface area contributed by atoms with Crippen LogP contribution < -0.4 is 5.56 Å². The number of hydrogen-bond donors (Lipinski definition) is 1. The zero-order chi connectivity index (χ0) is 16.5. The van der Waals surface area contributed by atoms with Gasteiger partial charge in [-0.25, -0.2) is 4.68 Å². The molecule has 0 spiro atoms. The molecule has 2 rings (SSSR count). The van der Waals surface area contributed by atoms with Gasteiger partial charge in [0, 0.05) is 12.1 Å².